The van der Waals surface area contributed by atoms with Crippen molar-refractivity contribution in [3.63, 3.8) is 0 Å². The molecule has 2 aliphatic rings. The molecule has 15 heavy (non-hydrogen) atoms. The maximum atomic E-state index is 5.40. The van der Waals surface area contributed by atoms with E-state index >= 15 is 0 Å². The number of nitrogens with one attached hydrogen (secondary N) is 1. The van der Waals surface area contributed by atoms with Crippen LogP contribution >= 0.6 is 0 Å². The monoisotopic (exact) mass is 212 g/mol. The van der Waals surface area contributed by atoms with Crippen LogP contribution in [-0.4, -0.2) is 49.8 Å². The fourth-order valence-electron chi connectivity index (χ4n) is 2.64. The molecular weight excluding hydrogens is 188 g/mol. The quantitative estimate of drug-likeness (QED) is 0.762. The summed E-state index contributed by atoms with van der Waals surface area (Å²) < 4.78 is 5.40. The van der Waals surface area contributed by atoms with Crippen molar-refractivity contribution in [3.05, 3.63) is 0 Å². The second-order valence-corrected chi connectivity index (χ2v) is 4.79. The molecule has 0 radical (unpaired) electrons. The molecule has 0 amide bonds. The fraction of sp³-hybridized carbons (Fsp3) is 1.00. The second kappa shape index (κ2) is 5.83. The summed E-state index contributed by atoms with van der Waals surface area (Å²) in [6, 6.07) is 1.36. The number of nitrogens with zero attached hydrogens (tertiary/aromatic N) is 1. The number of rotatable bonds is 3. The molecule has 2 saturated heterocycles. The molecule has 0 spiro atoms. The lowest BCUT2D eigenvalue weighted by molar-refractivity contribution is 0.187. The summed E-state index contributed by atoms with van der Waals surface area (Å²) in [7, 11) is 0. The van der Waals surface area contributed by atoms with Gasteiger partial charge in [0.05, 0.1) is 6.61 Å². The van der Waals surface area contributed by atoms with E-state index in [9.17, 15) is 0 Å². The summed E-state index contributed by atoms with van der Waals surface area (Å²) in [5.41, 5.74) is 0. The lowest BCUT2D eigenvalue weighted by atomic mass is 10.1. The van der Waals surface area contributed by atoms with Crippen LogP contribution in [0.1, 0.15) is 32.6 Å². The van der Waals surface area contributed by atoms with E-state index in [1.165, 1.54) is 45.3 Å². The average Bonchev–Trinajstić information content (AvgIpc) is 2.64. The summed E-state index contributed by atoms with van der Waals surface area (Å²) in [6.45, 7) is 7.90. The topological polar surface area (TPSA) is 24.5 Å². The Morgan fingerprint density at radius 3 is 2.87 bits per heavy atom. The van der Waals surface area contributed by atoms with E-state index in [4.69, 9.17) is 4.74 Å². The van der Waals surface area contributed by atoms with E-state index in [0.717, 1.165) is 19.3 Å². The lowest BCUT2D eigenvalue weighted by Gasteiger charge is -2.21. The first-order valence-electron chi connectivity index (χ1n) is 6.44. The predicted octanol–water partition coefficient (Wildman–Crippen LogP) is 1.24. The van der Waals surface area contributed by atoms with Gasteiger partial charge in [-0.15, -0.1) is 0 Å². The number of hydrogen-bond donors (Lipinski definition) is 1. The van der Waals surface area contributed by atoms with Crippen molar-refractivity contribution in [1.82, 2.24) is 10.2 Å². The number of ether oxygens (including phenoxy) is 1. The van der Waals surface area contributed by atoms with Gasteiger partial charge in [-0.3, -0.25) is 0 Å². The van der Waals surface area contributed by atoms with Crippen molar-refractivity contribution >= 4 is 0 Å². The van der Waals surface area contributed by atoms with Gasteiger partial charge < -0.3 is 15.0 Å². The molecule has 0 aliphatic carbocycles. The minimum atomic E-state index is 0.628. The summed E-state index contributed by atoms with van der Waals surface area (Å²) >= 11 is 0. The third-order valence-electron chi connectivity index (χ3n) is 3.67. The van der Waals surface area contributed by atoms with Crippen LogP contribution in [0.3, 0.4) is 0 Å². The van der Waals surface area contributed by atoms with Gasteiger partial charge in [0, 0.05) is 18.7 Å². The van der Waals surface area contributed by atoms with Crippen molar-refractivity contribution < 1.29 is 4.74 Å². The van der Waals surface area contributed by atoms with E-state index in [1.54, 1.807) is 0 Å². The Labute approximate surface area is 93.2 Å². The lowest BCUT2D eigenvalue weighted by Crippen LogP contribution is -2.39. The van der Waals surface area contributed by atoms with Crippen molar-refractivity contribution in [1.29, 1.82) is 0 Å². The van der Waals surface area contributed by atoms with Gasteiger partial charge in [-0.2, -0.15) is 0 Å². The summed E-state index contributed by atoms with van der Waals surface area (Å²) in [4.78, 5) is 2.56. The van der Waals surface area contributed by atoms with Crippen molar-refractivity contribution in [2.75, 3.05) is 32.8 Å². The average molecular weight is 212 g/mol. The van der Waals surface area contributed by atoms with E-state index < -0.39 is 0 Å². The first-order chi connectivity index (χ1) is 7.38. The highest BCUT2D eigenvalue weighted by Gasteiger charge is 2.21. The molecule has 2 atom stereocenters. The summed E-state index contributed by atoms with van der Waals surface area (Å²) in [6.07, 6.45) is 5.20. The van der Waals surface area contributed by atoms with Crippen LogP contribution < -0.4 is 5.32 Å². The fourth-order valence-corrected chi connectivity index (χ4v) is 2.64. The summed E-state index contributed by atoms with van der Waals surface area (Å²) in [5, 5.41) is 3.75. The van der Waals surface area contributed by atoms with Crippen molar-refractivity contribution in [2.24, 2.45) is 0 Å². The number of hydrogen-bond acceptors (Lipinski definition) is 3. The first kappa shape index (κ1) is 11.4. The Bertz CT molecular complexity index is 180. The van der Waals surface area contributed by atoms with Gasteiger partial charge in [-0.05, 0) is 45.3 Å². The van der Waals surface area contributed by atoms with Gasteiger partial charge in [0.2, 0.25) is 0 Å². The molecule has 1 N–H and O–H groups in total. The zero-order chi connectivity index (χ0) is 10.5. The van der Waals surface area contributed by atoms with Crippen molar-refractivity contribution in [3.8, 4) is 0 Å². The highest BCUT2D eigenvalue weighted by Crippen LogP contribution is 2.13. The minimum Gasteiger partial charge on any atom is -0.380 e. The van der Waals surface area contributed by atoms with E-state index in [0.29, 0.717) is 6.04 Å². The van der Waals surface area contributed by atoms with E-state index in [-0.39, 0.29) is 0 Å². The van der Waals surface area contributed by atoms with Crippen LogP contribution in [-0.2, 0) is 4.74 Å². The zero-order valence-electron chi connectivity index (χ0n) is 9.87. The van der Waals surface area contributed by atoms with Crippen LogP contribution in [0.15, 0.2) is 0 Å². The Morgan fingerprint density at radius 2 is 2.13 bits per heavy atom. The molecule has 2 aliphatic heterocycles. The van der Waals surface area contributed by atoms with Gasteiger partial charge in [0.15, 0.2) is 0 Å². The van der Waals surface area contributed by atoms with Crippen molar-refractivity contribution in [2.45, 2.75) is 44.7 Å². The largest absolute Gasteiger partial charge is 0.380 e. The smallest absolute Gasteiger partial charge is 0.0620 e. The molecule has 0 aromatic heterocycles. The van der Waals surface area contributed by atoms with Gasteiger partial charge in [0.1, 0.15) is 0 Å². The van der Waals surface area contributed by atoms with Crippen LogP contribution in [0.2, 0.25) is 0 Å². The molecule has 2 heterocycles. The van der Waals surface area contributed by atoms with Gasteiger partial charge >= 0.3 is 0 Å². The highest BCUT2D eigenvalue weighted by molar-refractivity contribution is 4.80. The highest BCUT2D eigenvalue weighted by atomic mass is 16.5. The van der Waals surface area contributed by atoms with Crippen LogP contribution in [0.25, 0.3) is 0 Å². The molecule has 88 valence electrons. The molecule has 3 heteroatoms. The molecule has 2 rings (SSSR count). The second-order valence-electron chi connectivity index (χ2n) is 4.79. The van der Waals surface area contributed by atoms with Gasteiger partial charge in [0.25, 0.3) is 0 Å². The Morgan fingerprint density at radius 1 is 1.20 bits per heavy atom. The molecule has 0 bridgehead atoms. The van der Waals surface area contributed by atoms with Gasteiger partial charge in [-0.1, -0.05) is 6.92 Å². The van der Waals surface area contributed by atoms with Crippen LogP contribution in [0, 0.1) is 0 Å². The third kappa shape index (κ3) is 3.44. The number of likely N-dealkylation sites (tertiary alicyclic amines) is 1. The van der Waals surface area contributed by atoms with Crippen LogP contribution in [0.5, 0.6) is 0 Å². The molecule has 0 aromatic carbocycles. The predicted molar refractivity (Wildman–Crippen MR) is 62.1 cm³/mol. The standard InChI is InChI=1S/C12H24N2O/c1-2-14-7-3-4-11(5-8-14)13-12-6-9-15-10-12/h11-13H,2-10H2,1H3. The Kier molecular flexibility index (Phi) is 4.42. The Balaban J connectivity index is 1.72. The van der Waals surface area contributed by atoms with E-state index in [1.807, 2.05) is 0 Å². The first-order valence-corrected chi connectivity index (χ1v) is 6.44. The molecule has 2 fully saturated rings. The SMILES string of the molecule is CCN1CCCC(NC2CCOC2)CC1. The third-order valence-corrected chi connectivity index (χ3v) is 3.67. The maximum Gasteiger partial charge on any atom is 0.0620 e. The molecular formula is C12H24N2O. The van der Waals surface area contributed by atoms with Gasteiger partial charge in [-0.25, -0.2) is 0 Å². The molecule has 3 nitrogen and oxygen atoms in total. The molecule has 0 aromatic rings. The molecule has 2 unspecified atom stereocenters. The molecule has 0 saturated carbocycles. The minimum absolute atomic E-state index is 0.628. The van der Waals surface area contributed by atoms with E-state index in [2.05, 4.69) is 17.1 Å². The van der Waals surface area contributed by atoms with Crippen LogP contribution in [0.4, 0.5) is 0 Å². The Hall–Kier alpha value is -0.120. The summed E-state index contributed by atoms with van der Waals surface area (Å²) in [5.74, 6) is 0. The zero-order valence-corrected chi connectivity index (χ0v) is 9.87. The maximum absolute atomic E-state index is 5.40. The normalized spacial score (nSPS) is 34.2.